The third kappa shape index (κ3) is 3.53. The SMILES string of the molecule is CNC(=O)/C=C/c1ccc(C(O)O)cc1. The lowest BCUT2D eigenvalue weighted by Gasteiger charge is -2.02. The number of carbonyl (C=O) groups is 1. The van der Waals surface area contributed by atoms with Crippen LogP contribution >= 0.6 is 0 Å². The summed E-state index contributed by atoms with van der Waals surface area (Å²) in [6.45, 7) is 0. The maximum Gasteiger partial charge on any atom is 0.243 e. The number of benzene rings is 1. The molecule has 0 aromatic heterocycles. The van der Waals surface area contributed by atoms with Crippen LogP contribution in [0.1, 0.15) is 17.4 Å². The highest BCUT2D eigenvalue weighted by atomic mass is 16.5. The van der Waals surface area contributed by atoms with Gasteiger partial charge in [-0.25, -0.2) is 0 Å². The quantitative estimate of drug-likeness (QED) is 0.497. The minimum absolute atomic E-state index is 0.179. The number of amides is 1. The van der Waals surface area contributed by atoms with Crippen molar-refractivity contribution in [2.75, 3.05) is 7.05 Å². The highest BCUT2D eigenvalue weighted by molar-refractivity contribution is 5.91. The Morgan fingerprint density at radius 3 is 2.40 bits per heavy atom. The fraction of sp³-hybridized carbons (Fsp3) is 0.182. The molecule has 4 heteroatoms. The van der Waals surface area contributed by atoms with Crippen molar-refractivity contribution >= 4 is 12.0 Å². The topological polar surface area (TPSA) is 69.6 Å². The van der Waals surface area contributed by atoms with Crippen molar-refractivity contribution in [3.8, 4) is 0 Å². The van der Waals surface area contributed by atoms with Gasteiger partial charge >= 0.3 is 0 Å². The van der Waals surface area contributed by atoms with Crippen LogP contribution in [0.25, 0.3) is 6.08 Å². The van der Waals surface area contributed by atoms with Gasteiger partial charge in [0.15, 0.2) is 6.29 Å². The standard InChI is InChI=1S/C11H13NO3/c1-12-10(13)7-4-8-2-5-9(6-3-8)11(14)15/h2-7,11,14-15H,1H3,(H,12,13)/b7-4+. The maximum absolute atomic E-state index is 10.9. The van der Waals surface area contributed by atoms with E-state index >= 15 is 0 Å². The van der Waals surface area contributed by atoms with Gasteiger partial charge in [-0.1, -0.05) is 24.3 Å². The first-order valence-electron chi connectivity index (χ1n) is 4.49. The van der Waals surface area contributed by atoms with Gasteiger partial charge in [0.05, 0.1) is 0 Å². The molecule has 1 aromatic rings. The van der Waals surface area contributed by atoms with Gasteiger partial charge in [-0.05, 0) is 11.6 Å². The van der Waals surface area contributed by atoms with Gasteiger partial charge < -0.3 is 15.5 Å². The Labute approximate surface area is 87.9 Å². The van der Waals surface area contributed by atoms with Gasteiger partial charge in [0.2, 0.25) is 5.91 Å². The van der Waals surface area contributed by atoms with Crippen LogP contribution in [0.4, 0.5) is 0 Å². The highest BCUT2D eigenvalue weighted by Gasteiger charge is 2.00. The van der Waals surface area contributed by atoms with E-state index < -0.39 is 6.29 Å². The van der Waals surface area contributed by atoms with Crippen LogP contribution in [0, 0.1) is 0 Å². The molecule has 0 spiro atoms. The smallest absolute Gasteiger partial charge is 0.243 e. The van der Waals surface area contributed by atoms with Crippen LogP contribution in [-0.2, 0) is 4.79 Å². The van der Waals surface area contributed by atoms with Crippen LogP contribution in [0.3, 0.4) is 0 Å². The molecule has 0 saturated carbocycles. The number of aliphatic hydroxyl groups is 2. The summed E-state index contributed by atoms with van der Waals surface area (Å²) < 4.78 is 0. The Morgan fingerprint density at radius 1 is 1.33 bits per heavy atom. The van der Waals surface area contributed by atoms with E-state index in [1.807, 2.05) is 0 Å². The number of likely N-dealkylation sites (N-methyl/N-ethyl adjacent to an activating group) is 1. The van der Waals surface area contributed by atoms with Crippen LogP contribution in [0.5, 0.6) is 0 Å². The van der Waals surface area contributed by atoms with E-state index in [1.165, 1.54) is 6.08 Å². The minimum atomic E-state index is -1.46. The fourth-order valence-corrected chi connectivity index (χ4v) is 1.03. The Morgan fingerprint density at radius 2 is 1.93 bits per heavy atom. The number of nitrogens with one attached hydrogen (secondary N) is 1. The molecule has 0 unspecified atom stereocenters. The summed E-state index contributed by atoms with van der Waals surface area (Å²) in [5.41, 5.74) is 1.25. The third-order valence-corrected chi connectivity index (χ3v) is 1.91. The molecule has 0 fully saturated rings. The van der Waals surface area contributed by atoms with Crippen molar-refractivity contribution in [1.29, 1.82) is 0 Å². The highest BCUT2D eigenvalue weighted by Crippen LogP contribution is 2.11. The molecule has 1 rings (SSSR count). The summed E-state index contributed by atoms with van der Waals surface area (Å²) in [4.78, 5) is 10.9. The molecule has 0 heterocycles. The first kappa shape index (κ1) is 11.4. The number of carbonyl (C=O) groups excluding carboxylic acids is 1. The number of rotatable bonds is 3. The van der Waals surface area contributed by atoms with E-state index in [1.54, 1.807) is 37.4 Å². The molecule has 0 aliphatic heterocycles. The summed E-state index contributed by atoms with van der Waals surface area (Å²) in [6, 6.07) is 6.59. The van der Waals surface area contributed by atoms with Crippen molar-refractivity contribution in [1.82, 2.24) is 5.32 Å². The van der Waals surface area contributed by atoms with Gasteiger partial charge in [-0.2, -0.15) is 0 Å². The number of hydrogen-bond acceptors (Lipinski definition) is 3. The molecule has 1 aromatic carbocycles. The summed E-state index contributed by atoms with van der Waals surface area (Å²) >= 11 is 0. The minimum Gasteiger partial charge on any atom is -0.364 e. The van der Waals surface area contributed by atoms with Crippen LogP contribution < -0.4 is 5.32 Å². The second-order valence-corrected chi connectivity index (χ2v) is 2.99. The second-order valence-electron chi connectivity index (χ2n) is 2.99. The van der Waals surface area contributed by atoms with Crippen LogP contribution in [-0.4, -0.2) is 23.2 Å². The molecule has 4 nitrogen and oxygen atoms in total. The molecule has 15 heavy (non-hydrogen) atoms. The van der Waals surface area contributed by atoms with Crippen molar-refractivity contribution in [2.45, 2.75) is 6.29 Å². The van der Waals surface area contributed by atoms with E-state index in [0.29, 0.717) is 5.56 Å². The molecule has 3 N–H and O–H groups in total. The average Bonchev–Trinajstić information content (AvgIpc) is 2.26. The Hall–Kier alpha value is -1.65. The molecule has 0 aliphatic carbocycles. The van der Waals surface area contributed by atoms with Gasteiger partial charge in [0.1, 0.15) is 0 Å². The lowest BCUT2D eigenvalue weighted by molar-refractivity contribution is -0.115. The average molecular weight is 207 g/mol. The van der Waals surface area contributed by atoms with Crippen molar-refractivity contribution in [2.24, 2.45) is 0 Å². The molecule has 0 bridgehead atoms. The monoisotopic (exact) mass is 207 g/mol. The Balaban J connectivity index is 2.72. The van der Waals surface area contributed by atoms with E-state index in [9.17, 15) is 4.79 Å². The van der Waals surface area contributed by atoms with Gasteiger partial charge in [-0.15, -0.1) is 0 Å². The van der Waals surface area contributed by atoms with E-state index in [-0.39, 0.29) is 5.91 Å². The molecule has 80 valence electrons. The largest absolute Gasteiger partial charge is 0.364 e. The predicted molar refractivity (Wildman–Crippen MR) is 56.7 cm³/mol. The normalized spacial score (nSPS) is 10.9. The zero-order valence-electron chi connectivity index (χ0n) is 8.34. The zero-order valence-corrected chi connectivity index (χ0v) is 8.34. The van der Waals surface area contributed by atoms with Crippen LogP contribution in [0.15, 0.2) is 30.3 Å². The zero-order chi connectivity index (χ0) is 11.3. The van der Waals surface area contributed by atoms with Crippen molar-refractivity contribution in [3.63, 3.8) is 0 Å². The second kappa shape index (κ2) is 5.29. The number of hydrogen-bond donors (Lipinski definition) is 3. The van der Waals surface area contributed by atoms with Crippen molar-refractivity contribution < 1.29 is 15.0 Å². The summed E-state index contributed by atoms with van der Waals surface area (Å²) in [7, 11) is 1.55. The summed E-state index contributed by atoms with van der Waals surface area (Å²) in [5, 5.41) is 20.1. The summed E-state index contributed by atoms with van der Waals surface area (Å²) in [5.74, 6) is -0.179. The molecule has 0 saturated heterocycles. The Kier molecular flexibility index (Phi) is 4.03. The lowest BCUT2D eigenvalue weighted by atomic mass is 10.1. The molecular formula is C11H13NO3. The summed E-state index contributed by atoms with van der Waals surface area (Å²) in [6.07, 6.45) is 1.60. The molecule has 0 radical (unpaired) electrons. The maximum atomic E-state index is 10.9. The predicted octanol–water partition coefficient (Wildman–Crippen LogP) is 0.429. The van der Waals surface area contributed by atoms with Gasteiger partial charge in [0, 0.05) is 18.7 Å². The van der Waals surface area contributed by atoms with Gasteiger partial charge in [0.25, 0.3) is 0 Å². The lowest BCUT2D eigenvalue weighted by Crippen LogP contribution is -2.13. The van der Waals surface area contributed by atoms with Gasteiger partial charge in [-0.3, -0.25) is 4.79 Å². The van der Waals surface area contributed by atoms with E-state index in [4.69, 9.17) is 10.2 Å². The van der Waals surface area contributed by atoms with Crippen molar-refractivity contribution in [3.05, 3.63) is 41.5 Å². The first-order chi connectivity index (χ1) is 7.13. The molecule has 0 aliphatic rings. The van der Waals surface area contributed by atoms with E-state index in [0.717, 1.165) is 5.56 Å². The fourth-order valence-electron chi connectivity index (χ4n) is 1.03. The number of aliphatic hydroxyl groups excluding tert-OH is 1. The first-order valence-corrected chi connectivity index (χ1v) is 4.49. The third-order valence-electron chi connectivity index (χ3n) is 1.91. The molecule has 1 amide bonds. The van der Waals surface area contributed by atoms with Crippen LogP contribution in [0.2, 0.25) is 0 Å². The molecule has 0 atom stereocenters. The Bertz CT molecular complexity index is 355. The molecular weight excluding hydrogens is 194 g/mol. The van der Waals surface area contributed by atoms with E-state index in [2.05, 4.69) is 5.32 Å².